The molecule has 0 fully saturated rings. The van der Waals surface area contributed by atoms with E-state index in [0.717, 1.165) is 24.0 Å². The molecule has 1 atom stereocenters. The highest BCUT2D eigenvalue weighted by Crippen LogP contribution is 2.11. The van der Waals surface area contributed by atoms with Gasteiger partial charge >= 0.3 is 0 Å². The van der Waals surface area contributed by atoms with Crippen LogP contribution in [0.2, 0.25) is 0 Å². The molecule has 0 saturated carbocycles. The Bertz CT molecular complexity index is 601. The molecule has 1 aromatic heterocycles. The third-order valence-electron chi connectivity index (χ3n) is 3.27. The van der Waals surface area contributed by atoms with E-state index in [9.17, 15) is 4.79 Å². The minimum atomic E-state index is 0.0970. The van der Waals surface area contributed by atoms with Crippen molar-refractivity contribution in [1.82, 2.24) is 9.88 Å². The van der Waals surface area contributed by atoms with Crippen LogP contribution in [0.25, 0.3) is 10.9 Å². The molecule has 0 bridgehead atoms. The Morgan fingerprint density at radius 1 is 1.16 bits per heavy atom. The van der Waals surface area contributed by atoms with Crippen LogP contribution in [0.1, 0.15) is 20.8 Å². The number of fused-ring (bicyclic) bond motifs is 1. The van der Waals surface area contributed by atoms with Crippen molar-refractivity contribution in [2.75, 3.05) is 6.54 Å². The minimum Gasteiger partial charge on any atom is -0.347 e. The maximum atomic E-state index is 11.8. The summed E-state index contributed by atoms with van der Waals surface area (Å²) in [5.74, 6) is 0.522. The zero-order valence-corrected chi connectivity index (χ0v) is 11.9. The monoisotopic (exact) mass is 258 g/mol. The number of benzene rings is 1. The molecule has 0 aliphatic carbocycles. The Labute approximate surface area is 114 Å². The molecule has 0 aliphatic rings. The van der Waals surface area contributed by atoms with Crippen molar-refractivity contribution in [2.45, 2.75) is 33.4 Å². The number of rotatable bonds is 5. The van der Waals surface area contributed by atoms with Crippen LogP contribution >= 0.6 is 0 Å². The van der Waals surface area contributed by atoms with Crippen LogP contribution in [0.15, 0.2) is 41.3 Å². The summed E-state index contributed by atoms with van der Waals surface area (Å²) < 4.78 is 2.17. The fourth-order valence-corrected chi connectivity index (χ4v) is 2.26. The predicted octanol–water partition coefficient (Wildman–Crippen LogP) is 2.64. The maximum Gasteiger partial charge on any atom is 0.189 e. The summed E-state index contributed by atoms with van der Waals surface area (Å²) in [5, 5.41) is 4.25. The van der Waals surface area contributed by atoms with Crippen LogP contribution in [-0.4, -0.2) is 17.2 Å². The lowest BCUT2D eigenvalue weighted by molar-refractivity contribution is 0.430. The summed E-state index contributed by atoms with van der Waals surface area (Å²) >= 11 is 0. The summed E-state index contributed by atoms with van der Waals surface area (Å²) in [6.45, 7) is 8.43. The molecular weight excluding hydrogens is 236 g/mol. The third kappa shape index (κ3) is 3.44. The largest absolute Gasteiger partial charge is 0.347 e. The SMILES string of the molecule is CC(CNC(C)C)Cn1ccc(=O)c2ccccc21. The summed E-state index contributed by atoms with van der Waals surface area (Å²) in [7, 11) is 0. The number of para-hydroxylation sites is 1. The van der Waals surface area contributed by atoms with E-state index < -0.39 is 0 Å². The number of aromatic nitrogens is 1. The summed E-state index contributed by atoms with van der Waals surface area (Å²) in [6, 6.07) is 9.97. The zero-order chi connectivity index (χ0) is 13.8. The van der Waals surface area contributed by atoms with Crippen LogP contribution in [0, 0.1) is 5.92 Å². The molecule has 0 aliphatic heterocycles. The molecule has 1 unspecified atom stereocenters. The molecule has 102 valence electrons. The fourth-order valence-electron chi connectivity index (χ4n) is 2.26. The Kier molecular flexibility index (Phi) is 4.38. The first-order valence-electron chi connectivity index (χ1n) is 6.89. The van der Waals surface area contributed by atoms with Crippen LogP contribution in [0.3, 0.4) is 0 Å². The first-order valence-corrected chi connectivity index (χ1v) is 6.89. The van der Waals surface area contributed by atoms with Gasteiger partial charge in [-0.2, -0.15) is 0 Å². The molecule has 3 nitrogen and oxygen atoms in total. The highest BCUT2D eigenvalue weighted by Gasteiger charge is 2.07. The van der Waals surface area contributed by atoms with E-state index in [4.69, 9.17) is 0 Å². The maximum absolute atomic E-state index is 11.8. The highest BCUT2D eigenvalue weighted by atomic mass is 16.1. The third-order valence-corrected chi connectivity index (χ3v) is 3.27. The lowest BCUT2D eigenvalue weighted by Gasteiger charge is -2.18. The predicted molar refractivity (Wildman–Crippen MR) is 80.5 cm³/mol. The summed E-state index contributed by atoms with van der Waals surface area (Å²) in [5.41, 5.74) is 1.12. The van der Waals surface area contributed by atoms with E-state index in [1.807, 2.05) is 30.5 Å². The van der Waals surface area contributed by atoms with Gasteiger partial charge in [-0.1, -0.05) is 32.9 Å². The Morgan fingerprint density at radius 2 is 1.89 bits per heavy atom. The zero-order valence-electron chi connectivity index (χ0n) is 11.9. The molecule has 1 N–H and O–H groups in total. The van der Waals surface area contributed by atoms with Gasteiger partial charge in [-0.25, -0.2) is 0 Å². The Hall–Kier alpha value is -1.61. The lowest BCUT2D eigenvalue weighted by atomic mass is 10.1. The number of pyridine rings is 1. The molecule has 2 aromatic rings. The quantitative estimate of drug-likeness (QED) is 0.894. The first kappa shape index (κ1) is 13.8. The van der Waals surface area contributed by atoms with E-state index in [-0.39, 0.29) is 5.43 Å². The van der Waals surface area contributed by atoms with Crippen molar-refractivity contribution in [3.8, 4) is 0 Å². The van der Waals surface area contributed by atoms with Gasteiger partial charge in [-0.05, 0) is 24.6 Å². The Morgan fingerprint density at radius 3 is 2.63 bits per heavy atom. The van der Waals surface area contributed by atoms with E-state index in [0.29, 0.717) is 12.0 Å². The van der Waals surface area contributed by atoms with Gasteiger partial charge in [0.15, 0.2) is 5.43 Å². The molecule has 2 rings (SSSR count). The van der Waals surface area contributed by atoms with Gasteiger partial charge in [-0.3, -0.25) is 4.79 Å². The average molecular weight is 258 g/mol. The second-order valence-electron chi connectivity index (χ2n) is 5.52. The fraction of sp³-hybridized carbons (Fsp3) is 0.438. The molecule has 0 radical (unpaired) electrons. The van der Waals surface area contributed by atoms with Crippen molar-refractivity contribution >= 4 is 10.9 Å². The van der Waals surface area contributed by atoms with Gasteiger partial charge in [0.05, 0.1) is 5.52 Å². The summed E-state index contributed by atoms with van der Waals surface area (Å²) in [4.78, 5) is 11.8. The molecule has 0 spiro atoms. The Balaban J connectivity index is 2.21. The van der Waals surface area contributed by atoms with Crippen molar-refractivity contribution in [2.24, 2.45) is 5.92 Å². The molecule has 3 heteroatoms. The van der Waals surface area contributed by atoms with Gasteiger partial charge < -0.3 is 9.88 Å². The molecule has 0 saturated heterocycles. The van der Waals surface area contributed by atoms with E-state index in [1.54, 1.807) is 6.07 Å². The van der Waals surface area contributed by atoms with Crippen molar-refractivity contribution in [3.63, 3.8) is 0 Å². The minimum absolute atomic E-state index is 0.0970. The molecule has 1 heterocycles. The number of nitrogens with zero attached hydrogens (tertiary/aromatic N) is 1. The van der Waals surface area contributed by atoms with Crippen LogP contribution in [-0.2, 0) is 6.54 Å². The number of hydrogen-bond acceptors (Lipinski definition) is 2. The number of hydrogen-bond donors (Lipinski definition) is 1. The van der Waals surface area contributed by atoms with Gasteiger partial charge in [-0.15, -0.1) is 0 Å². The first-order chi connectivity index (χ1) is 9.08. The van der Waals surface area contributed by atoms with Crippen molar-refractivity contribution in [3.05, 3.63) is 46.8 Å². The van der Waals surface area contributed by atoms with Crippen LogP contribution in [0.4, 0.5) is 0 Å². The second kappa shape index (κ2) is 6.02. The second-order valence-corrected chi connectivity index (χ2v) is 5.52. The van der Waals surface area contributed by atoms with Crippen LogP contribution in [0.5, 0.6) is 0 Å². The van der Waals surface area contributed by atoms with Crippen LogP contribution < -0.4 is 10.7 Å². The standard InChI is InChI=1S/C16H22N2O/c1-12(2)17-10-13(3)11-18-9-8-16(19)14-6-4-5-7-15(14)18/h4-9,12-13,17H,10-11H2,1-3H3. The van der Waals surface area contributed by atoms with E-state index in [2.05, 4.69) is 30.7 Å². The van der Waals surface area contributed by atoms with Crippen molar-refractivity contribution < 1.29 is 0 Å². The lowest BCUT2D eigenvalue weighted by Crippen LogP contribution is -2.29. The van der Waals surface area contributed by atoms with Gasteiger partial charge in [0, 0.05) is 30.2 Å². The smallest absolute Gasteiger partial charge is 0.189 e. The normalized spacial score (nSPS) is 13.1. The van der Waals surface area contributed by atoms with Crippen molar-refractivity contribution in [1.29, 1.82) is 0 Å². The molecule has 19 heavy (non-hydrogen) atoms. The molecular formula is C16H22N2O. The molecule has 0 amide bonds. The number of nitrogens with one attached hydrogen (secondary N) is 1. The highest BCUT2D eigenvalue weighted by molar-refractivity contribution is 5.78. The van der Waals surface area contributed by atoms with E-state index >= 15 is 0 Å². The van der Waals surface area contributed by atoms with Gasteiger partial charge in [0.2, 0.25) is 0 Å². The average Bonchev–Trinajstić information content (AvgIpc) is 2.40. The van der Waals surface area contributed by atoms with E-state index in [1.165, 1.54) is 0 Å². The topological polar surface area (TPSA) is 34.0 Å². The molecule has 1 aromatic carbocycles. The summed E-state index contributed by atoms with van der Waals surface area (Å²) in [6.07, 6.45) is 1.90. The van der Waals surface area contributed by atoms with Gasteiger partial charge in [0.25, 0.3) is 0 Å². The van der Waals surface area contributed by atoms with Gasteiger partial charge in [0.1, 0.15) is 0 Å².